The van der Waals surface area contributed by atoms with Crippen LogP contribution in [0, 0.1) is 20.8 Å². The van der Waals surface area contributed by atoms with Crippen molar-refractivity contribution in [1.82, 2.24) is 5.32 Å². The monoisotopic (exact) mass is 233 g/mol. The van der Waals surface area contributed by atoms with Crippen LogP contribution in [0.4, 0.5) is 0 Å². The minimum Gasteiger partial charge on any atom is -0.372 e. The lowest BCUT2D eigenvalue weighted by Gasteiger charge is -2.24. The first-order valence-electron chi connectivity index (χ1n) is 6.56. The molecule has 0 radical (unpaired) electrons. The summed E-state index contributed by atoms with van der Waals surface area (Å²) in [5, 5.41) is 3.38. The highest BCUT2D eigenvalue weighted by molar-refractivity contribution is 5.36. The number of piperidine rings is 1. The zero-order valence-corrected chi connectivity index (χ0v) is 11.2. The molecule has 1 N–H and O–H groups in total. The second-order valence-corrected chi connectivity index (χ2v) is 5.16. The fraction of sp³-hybridized carbons (Fsp3) is 0.600. The first kappa shape index (κ1) is 12.6. The van der Waals surface area contributed by atoms with E-state index in [0.29, 0.717) is 6.10 Å². The highest BCUT2D eigenvalue weighted by atomic mass is 16.5. The number of ether oxygens (including phenoxy) is 1. The van der Waals surface area contributed by atoms with Crippen molar-refractivity contribution in [3.05, 3.63) is 34.4 Å². The molecule has 1 atom stereocenters. The van der Waals surface area contributed by atoms with Gasteiger partial charge in [-0.2, -0.15) is 0 Å². The van der Waals surface area contributed by atoms with Gasteiger partial charge in [0.2, 0.25) is 0 Å². The van der Waals surface area contributed by atoms with E-state index in [1.165, 1.54) is 35.1 Å². The third-order valence-corrected chi connectivity index (χ3v) is 3.56. The molecular weight excluding hydrogens is 210 g/mol. The molecule has 94 valence electrons. The van der Waals surface area contributed by atoms with Crippen LogP contribution in [0.5, 0.6) is 0 Å². The lowest BCUT2D eigenvalue weighted by molar-refractivity contribution is 0.0248. The van der Waals surface area contributed by atoms with Crippen LogP contribution in [0.15, 0.2) is 12.1 Å². The van der Waals surface area contributed by atoms with Gasteiger partial charge < -0.3 is 10.1 Å². The molecule has 1 aliphatic heterocycles. The topological polar surface area (TPSA) is 21.3 Å². The molecule has 2 rings (SSSR count). The molecule has 1 fully saturated rings. The summed E-state index contributed by atoms with van der Waals surface area (Å²) in [5.41, 5.74) is 5.40. The molecule has 17 heavy (non-hydrogen) atoms. The summed E-state index contributed by atoms with van der Waals surface area (Å²) in [5.74, 6) is 0. The van der Waals surface area contributed by atoms with Gasteiger partial charge in [-0.15, -0.1) is 0 Å². The van der Waals surface area contributed by atoms with E-state index < -0.39 is 0 Å². The standard InChI is InChI=1S/C15H23NO/c1-11-7-12(2)15(13(3)8-11)10-17-14-5-4-6-16-9-14/h7-8,14,16H,4-6,9-10H2,1-3H3/t14-/m0/s1. The first-order chi connectivity index (χ1) is 8.16. The Kier molecular flexibility index (Phi) is 4.19. The van der Waals surface area contributed by atoms with E-state index in [4.69, 9.17) is 4.74 Å². The molecule has 0 aromatic heterocycles. The molecule has 0 bridgehead atoms. The summed E-state index contributed by atoms with van der Waals surface area (Å²) in [6.07, 6.45) is 2.82. The molecule has 0 amide bonds. The minimum atomic E-state index is 0.392. The van der Waals surface area contributed by atoms with Crippen molar-refractivity contribution >= 4 is 0 Å². The van der Waals surface area contributed by atoms with Gasteiger partial charge in [-0.25, -0.2) is 0 Å². The van der Waals surface area contributed by atoms with Gasteiger partial charge >= 0.3 is 0 Å². The van der Waals surface area contributed by atoms with Crippen LogP contribution >= 0.6 is 0 Å². The van der Waals surface area contributed by atoms with E-state index in [1.807, 2.05) is 0 Å². The summed E-state index contributed by atoms with van der Waals surface area (Å²) in [6, 6.07) is 4.48. The number of hydrogen-bond acceptors (Lipinski definition) is 2. The van der Waals surface area contributed by atoms with Gasteiger partial charge in [0, 0.05) is 6.54 Å². The quantitative estimate of drug-likeness (QED) is 0.866. The maximum atomic E-state index is 6.01. The maximum Gasteiger partial charge on any atom is 0.0726 e. The van der Waals surface area contributed by atoms with E-state index >= 15 is 0 Å². The van der Waals surface area contributed by atoms with E-state index in [2.05, 4.69) is 38.2 Å². The van der Waals surface area contributed by atoms with Gasteiger partial charge in [0.25, 0.3) is 0 Å². The number of aryl methyl sites for hydroxylation is 3. The molecule has 2 heteroatoms. The Morgan fingerprint density at radius 2 is 1.94 bits per heavy atom. The van der Waals surface area contributed by atoms with E-state index in [-0.39, 0.29) is 0 Å². The highest BCUT2D eigenvalue weighted by Crippen LogP contribution is 2.19. The summed E-state index contributed by atoms with van der Waals surface area (Å²) >= 11 is 0. The van der Waals surface area contributed by atoms with Gasteiger partial charge in [0.15, 0.2) is 0 Å². The van der Waals surface area contributed by atoms with Gasteiger partial charge in [0.05, 0.1) is 12.7 Å². The second kappa shape index (κ2) is 5.65. The second-order valence-electron chi connectivity index (χ2n) is 5.16. The molecule has 0 saturated carbocycles. The highest BCUT2D eigenvalue weighted by Gasteiger charge is 2.14. The normalized spacial score (nSPS) is 20.5. The Morgan fingerprint density at radius 3 is 2.53 bits per heavy atom. The summed E-state index contributed by atoms with van der Waals surface area (Å²) in [6.45, 7) is 9.40. The molecule has 0 spiro atoms. The van der Waals surface area contributed by atoms with Crippen LogP contribution in [0.2, 0.25) is 0 Å². The van der Waals surface area contributed by atoms with Crippen LogP contribution in [0.3, 0.4) is 0 Å². The van der Waals surface area contributed by atoms with Crippen LogP contribution < -0.4 is 5.32 Å². The van der Waals surface area contributed by atoms with Crippen molar-refractivity contribution in [1.29, 1.82) is 0 Å². The van der Waals surface area contributed by atoms with Gasteiger partial charge in [-0.05, 0) is 56.8 Å². The molecule has 0 unspecified atom stereocenters. The van der Waals surface area contributed by atoms with Crippen molar-refractivity contribution in [2.24, 2.45) is 0 Å². The number of rotatable bonds is 3. The minimum absolute atomic E-state index is 0.392. The molecular formula is C15H23NO. The SMILES string of the molecule is Cc1cc(C)c(CO[C@H]2CCCNC2)c(C)c1. The maximum absolute atomic E-state index is 6.01. The Hall–Kier alpha value is -0.860. The summed E-state index contributed by atoms with van der Waals surface area (Å²) in [7, 11) is 0. The largest absolute Gasteiger partial charge is 0.372 e. The van der Waals surface area contributed by atoms with Crippen molar-refractivity contribution < 1.29 is 4.74 Å². The van der Waals surface area contributed by atoms with Crippen LogP contribution in [-0.2, 0) is 11.3 Å². The van der Waals surface area contributed by atoms with Crippen LogP contribution in [0.1, 0.15) is 35.1 Å². The molecule has 2 nitrogen and oxygen atoms in total. The Morgan fingerprint density at radius 1 is 1.24 bits per heavy atom. The number of hydrogen-bond donors (Lipinski definition) is 1. The predicted octanol–water partition coefficient (Wildman–Crippen LogP) is 2.88. The van der Waals surface area contributed by atoms with Gasteiger partial charge in [-0.3, -0.25) is 0 Å². The Bertz CT molecular complexity index is 358. The van der Waals surface area contributed by atoms with E-state index in [9.17, 15) is 0 Å². The zero-order chi connectivity index (χ0) is 12.3. The predicted molar refractivity (Wildman–Crippen MR) is 71.3 cm³/mol. The molecule has 1 aromatic carbocycles. The molecule has 1 saturated heterocycles. The molecule has 1 heterocycles. The molecule has 0 aliphatic carbocycles. The third kappa shape index (κ3) is 3.30. The fourth-order valence-corrected chi connectivity index (χ4v) is 2.60. The van der Waals surface area contributed by atoms with Crippen molar-refractivity contribution in [2.45, 2.75) is 46.3 Å². The lowest BCUT2D eigenvalue weighted by Crippen LogP contribution is -2.35. The first-order valence-corrected chi connectivity index (χ1v) is 6.56. The molecule has 1 aliphatic rings. The van der Waals surface area contributed by atoms with Crippen molar-refractivity contribution in [2.75, 3.05) is 13.1 Å². The van der Waals surface area contributed by atoms with Crippen LogP contribution in [-0.4, -0.2) is 19.2 Å². The van der Waals surface area contributed by atoms with E-state index in [0.717, 1.165) is 19.7 Å². The average molecular weight is 233 g/mol. The van der Waals surface area contributed by atoms with Crippen molar-refractivity contribution in [3.8, 4) is 0 Å². The smallest absolute Gasteiger partial charge is 0.0726 e. The molecule has 1 aromatic rings. The lowest BCUT2D eigenvalue weighted by atomic mass is 10.0. The summed E-state index contributed by atoms with van der Waals surface area (Å²) < 4.78 is 6.01. The van der Waals surface area contributed by atoms with E-state index in [1.54, 1.807) is 0 Å². The Balaban J connectivity index is 1.98. The van der Waals surface area contributed by atoms with Gasteiger partial charge in [0.1, 0.15) is 0 Å². The summed E-state index contributed by atoms with van der Waals surface area (Å²) in [4.78, 5) is 0. The van der Waals surface area contributed by atoms with Crippen LogP contribution in [0.25, 0.3) is 0 Å². The zero-order valence-electron chi connectivity index (χ0n) is 11.2. The fourth-order valence-electron chi connectivity index (χ4n) is 2.60. The Labute approximate surface area is 104 Å². The number of nitrogens with one attached hydrogen (secondary N) is 1. The van der Waals surface area contributed by atoms with Gasteiger partial charge in [-0.1, -0.05) is 17.7 Å². The average Bonchev–Trinajstić information content (AvgIpc) is 2.29. The third-order valence-electron chi connectivity index (χ3n) is 3.56. The number of benzene rings is 1. The van der Waals surface area contributed by atoms with Crippen molar-refractivity contribution in [3.63, 3.8) is 0 Å².